The number of hydrogen-bond acceptors (Lipinski definition) is 2. The molecule has 2 aromatic rings. The van der Waals surface area contributed by atoms with E-state index in [9.17, 15) is 9.59 Å². The SMILES string of the molecule is CCCNC(=O)CN(CCc1c[nH]c2ccccc12)C(C)=O. The lowest BCUT2D eigenvalue weighted by Gasteiger charge is -2.20. The maximum atomic E-state index is 11.8. The molecule has 0 aliphatic heterocycles. The zero-order chi connectivity index (χ0) is 15.9. The van der Waals surface area contributed by atoms with E-state index in [4.69, 9.17) is 0 Å². The third-order valence-corrected chi connectivity index (χ3v) is 3.68. The van der Waals surface area contributed by atoms with Crippen LogP contribution in [0, 0.1) is 0 Å². The minimum absolute atomic E-state index is 0.0773. The van der Waals surface area contributed by atoms with Crippen LogP contribution >= 0.6 is 0 Å². The molecule has 2 rings (SSSR count). The number of rotatable bonds is 7. The summed E-state index contributed by atoms with van der Waals surface area (Å²) in [5, 5.41) is 3.97. The van der Waals surface area contributed by atoms with Crippen LogP contribution in [0.5, 0.6) is 0 Å². The fourth-order valence-electron chi connectivity index (χ4n) is 2.44. The summed E-state index contributed by atoms with van der Waals surface area (Å²) in [5.41, 5.74) is 2.25. The molecule has 0 aliphatic rings. The van der Waals surface area contributed by atoms with Gasteiger partial charge in [0.15, 0.2) is 0 Å². The predicted molar refractivity (Wildman–Crippen MR) is 87.6 cm³/mol. The minimum Gasteiger partial charge on any atom is -0.361 e. The number of benzene rings is 1. The third-order valence-electron chi connectivity index (χ3n) is 3.68. The number of amides is 2. The quantitative estimate of drug-likeness (QED) is 0.822. The first-order chi connectivity index (χ1) is 10.6. The van der Waals surface area contributed by atoms with Gasteiger partial charge in [-0.1, -0.05) is 25.1 Å². The number of H-pyrrole nitrogens is 1. The smallest absolute Gasteiger partial charge is 0.239 e. The van der Waals surface area contributed by atoms with Crippen LogP contribution in [-0.2, 0) is 16.0 Å². The van der Waals surface area contributed by atoms with E-state index in [1.807, 2.05) is 31.3 Å². The van der Waals surface area contributed by atoms with Gasteiger partial charge in [-0.3, -0.25) is 9.59 Å². The zero-order valence-electron chi connectivity index (χ0n) is 13.2. The number of nitrogens with zero attached hydrogens (tertiary/aromatic N) is 1. The van der Waals surface area contributed by atoms with Gasteiger partial charge in [-0.05, 0) is 24.5 Å². The first-order valence-corrected chi connectivity index (χ1v) is 7.69. The molecule has 22 heavy (non-hydrogen) atoms. The Kier molecular flexibility index (Phi) is 5.58. The molecule has 1 aromatic carbocycles. The maximum absolute atomic E-state index is 11.8. The average Bonchev–Trinajstić information content (AvgIpc) is 2.92. The molecule has 5 nitrogen and oxygen atoms in total. The van der Waals surface area contributed by atoms with E-state index < -0.39 is 0 Å². The predicted octanol–water partition coefficient (Wildman–Crippen LogP) is 2.09. The number of fused-ring (bicyclic) bond motifs is 1. The molecule has 1 heterocycles. The molecule has 1 aromatic heterocycles. The van der Waals surface area contributed by atoms with Crippen LogP contribution in [0.25, 0.3) is 10.9 Å². The second-order valence-corrected chi connectivity index (χ2v) is 5.40. The first-order valence-electron chi connectivity index (χ1n) is 7.69. The Morgan fingerprint density at radius 2 is 2.05 bits per heavy atom. The van der Waals surface area contributed by atoms with Crippen molar-refractivity contribution in [3.05, 3.63) is 36.0 Å². The van der Waals surface area contributed by atoms with Crippen LogP contribution in [0.2, 0.25) is 0 Å². The van der Waals surface area contributed by atoms with Gasteiger partial charge < -0.3 is 15.2 Å². The highest BCUT2D eigenvalue weighted by atomic mass is 16.2. The normalized spacial score (nSPS) is 10.6. The summed E-state index contributed by atoms with van der Waals surface area (Å²) >= 11 is 0. The number of nitrogens with one attached hydrogen (secondary N) is 2. The Hall–Kier alpha value is -2.30. The maximum Gasteiger partial charge on any atom is 0.239 e. The fourth-order valence-corrected chi connectivity index (χ4v) is 2.44. The van der Waals surface area contributed by atoms with E-state index in [1.165, 1.54) is 12.3 Å². The summed E-state index contributed by atoms with van der Waals surface area (Å²) in [4.78, 5) is 28.3. The van der Waals surface area contributed by atoms with Crippen molar-refractivity contribution in [1.29, 1.82) is 0 Å². The van der Waals surface area contributed by atoms with Crippen LogP contribution in [0.15, 0.2) is 30.5 Å². The Morgan fingerprint density at radius 1 is 1.27 bits per heavy atom. The molecule has 118 valence electrons. The third kappa shape index (κ3) is 4.10. The average molecular weight is 301 g/mol. The van der Waals surface area contributed by atoms with Crippen LogP contribution < -0.4 is 5.32 Å². The Labute approximate surface area is 130 Å². The molecule has 2 N–H and O–H groups in total. The molecule has 5 heteroatoms. The molecule has 2 amide bonds. The number of carbonyl (C=O) groups excluding carboxylic acids is 2. The Balaban J connectivity index is 1.97. The summed E-state index contributed by atoms with van der Waals surface area (Å²) in [6.45, 7) is 4.81. The molecule has 0 bridgehead atoms. The van der Waals surface area contributed by atoms with E-state index in [-0.39, 0.29) is 18.4 Å². The van der Waals surface area contributed by atoms with Crippen molar-refractivity contribution in [3.63, 3.8) is 0 Å². The molecule has 0 atom stereocenters. The second-order valence-electron chi connectivity index (χ2n) is 5.40. The second kappa shape index (κ2) is 7.64. The monoisotopic (exact) mass is 301 g/mol. The number of aromatic amines is 1. The zero-order valence-corrected chi connectivity index (χ0v) is 13.2. The lowest BCUT2D eigenvalue weighted by atomic mass is 10.1. The van der Waals surface area contributed by atoms with Crippen molar-refractivity contribution < 1.29 is 9.59 Å². The van der Waals surface area contributed by atoms with Gasteiger partial charge in [-0.2, -0.15) is 0 Å². The standard InChI is InChI=1S/C17H23N3O2/c1-3-9-18-17(22)12-20(13(2)21)10-8-14-11-19-16-7-5-4-6-15(14)16/h4-7,11,19H,3,8-10,12H2,1-2H3,(H,18,22). The van der Waals surface area contributed by atoms with E-state index in [0.717, 1.165) is 23.9 Å². The van der Waals surface area contributed by atoms with Crippen molar-refractivity contribution in [2.24, 2.45) is 0 Å². The van der Waals surface area contributed by atoms with E-state index >= 15 is 0 Å². The highest BCUT2D eigenvalue weighted by Gasteiger charge is 2.14. The van der Waals surface area contributed by atoms with Gasteiger partial charge in [0.05, 0.1) is 6.54 Å². The van der Waals surface area contributed by atoms with E-state index in [1.54, 1.807) is 4.90 Å². The molecular formula is C17H23N3O2. The summed E-state index contributed by atoms with van der Waals surface area (Å²) in [5.74, 6) is -0.178. The summed E-state index contributed by atoms with van der Waals surface area (Å²) in [6, 6.07) is 8.08. The minimum atomic E-state index is -0.101. The Morgan fingerprint density at radius 3 is 2.77 bits per heavy atom. The summed E-state index contributed by atoms with van der Waals surface area (Å²) in [6.07, 6.45) is 3.59. The molecule has 0 saturated heterocycles. The van der Waals surface area contributed by atoms with Crippen LogP contribution in [-0.4, -0.2) is 41.3 Å². The summed E-state index contributed by atoms with van der Waals surface area (Å²) in [7, 11) is 0. The number of aromatic nitrogens is 1. The molecule has 0 radical (unpaired) electrons. The van der Waals surface area contributed by atoms with Gasteiger partial charge in [-0.25, -0.2) is 0 Å². The largest absolute Gasteiger partial charge is 0.361 e. The lowest BCUT2D eigenvalue weighted by Crippen LogP contribution is -2.40. The molecular weight excluding hydrogens is 278 g/mol. The van der Waals surface area contributed by atoms with Crippen LogP contribution in [0.4, 0.5) is 0 Å². The van der Waals surface area contributed by atoms with Gasteiger partial charge in [0.2, 0.25) is 11.8 Å². The van der Waals surface area contributed by atoms with Gasteiger partial charge in [0.1, 0.15) is 0 Å². The fraction of sp³-hybridized carbons (Fsp3) is 0.412. The Bertz CT molecular complexity index is 648. The van der Waals surface area contributed by atoms with Crippen molar-refractivity contribution in [1.82, 2.24) is 15.2 Å². The molecule has 0 saturated carbocycles. The lowest BCUT2D eigenvalue weighted by molar-refractivity contribution is -0.134. The van der Waals surface area contributed by atoms with Crippen molar-refractivity contribution in [3.8, 4) is 0 Å². The molecule has 0 spiro atoms. The van der Waals surface area contributed by atoms with Crippen molar-refractivity contribution >= 4 is 22.7 Å². The summed E-state index contributed by atoms with van der Waals surface area (Å²) < 4.78 is 0. The van der Waals surface area contributed by atoms with Gasteiger partial charge in [0, 0.05) is 37.1 Å². The highest BCUT2D eigenvalue weighted by Crippen LogP contribution is 2.18. The van der Waals surface area contributed by atoms with Gasteiger partial charge >= 0.3 is 0 Å². The van der Waals surface area contributed by atoms with E-state index in [0.29, 0.717) is 13.1 Å². The van der Waals surface area contributed by atoms with Crippen molar-refractivity contribution in [2.75, 3.05) is 19.6 Å². The molecule has 0 aliphatic carbocycles. The first kappa shape index (κ1) is 16.1. The van der Waals surface area contributed by atoms with Crippen LogP contribution in [0.3, 0.4) is 0 Å². The molecule has 0 fully saturated rings. The van der Waals surface area contributed by atoms with Gasteiger partial charge in [-0.15, -0.1) is 0 Å². The van der Waals surface area contributed by atoms with E-state index in [2.05, 4.69) is 16.4 Å². The van der Waals surface area contributed by atoms with Gasteiger partial charge in [0.25, 0.3) is 0 Å². The number of hydrogen-bond donors (Lipinski definition) is 2. The molecule has 0 unspecified atom stereocenters. The highest BCUT2D eigenvalue weighted by molar-refractivity contribution is 5.84. The number of carbonyl (C=O) groups is 2. The van der Waals surface area contributed by atoms with Crippen molar-refractivity contribution in [2.45, 2.75) is 26.7 Å². The van der Waals surface area contributed by atoms with Crippen LogP contribution in [0.1, 0.15) is 25.8 Å². The topological polar surface area (TPSA) is 65.2 Å². The number of para-hydroxylation sites is 1.